The third-order valence-corrected chi connectivity index (χ3v) is 4.07. The Morgan fingerprint density at radius 3 is 2.52 bits per heavy atom. The van der Waals surface area contributed by atoms with Crippen molar-refractivity contribution in [2.45, 2.75) is 12.7 Å². The molecule has 1 heterocycles. The van der Waals surface area contributed by atoms with Gasteiger partial charge in [-0.3, -0.25) is 4.79 Å². The summed E-state index contributed by atoms with van der Waals surface area (Å²) in [6, 6.07) is 11.6. The topological polar surface area (TPSA) is 60.7 Å². The van der Waals surface area contributed by atoms with E-state index in [9.17, 15) is 18.0 Å². The number of nitrogens with zero attached hydrogens (tertiary/aromatic N) is 4. The molecule has 0 saturated heterocycles. The summed E-state index contributed by atoms with van der Waals surface area (Å²) in [7, 11) is 0. The molecule has 1 aromatic heterocycles. The van der Waals surface area contributed by atoms with Crippen LogP contribution in [-0.4, -0.2) is 26.0 Å². The normalized spacial score (nSPS) is 11.5. The van der Waals surface area contributed by atoms with Crippen LogP contribution in [0.3, 0.4) is 0 Å². The van der Waals surface area contributed by atoms with Crippen molar-refractivity contribution in [3.8, 4) is 11.4 Å². The lowest BCUT2D eigenvalue weighted by Gasteiger charge is -2.06. The molecule has 5 nitrogen and oxygen atoms in total. The number of rotatable bonds is 4. The molecule has 0 radical (unpaired) electrons. The maximum absolute atomic E-state index is 12.8. The fourth-order valence-corrected chi connectivity index (χ4v) is 2.48. The predicted octanol–water partition coefficient (Wildman–Crippen LogP) is 3.85. The van der Waals surface area contributed by atoms with Gasteiger partial charge in [-0.2, -0.15) is 18.0 Å². The van der Waals surface area contributed by atoms with E-state index in [1.54, 1.807) is 24.3 Å². The molecular weight excluding hydrogens is 448 g/mol. The largest absolute Gasteiger partial charge is 0.416 e. The monoisotopic (exact) mass is 458 g/mol. The van der Waals surface area contributed by atoms with Gasteiger partial charge in [0.1, 0.15) is 6.54 Å². The molecule has 0 aliphatic heterocycles. The summed E-state index contributed by atoms with van der Waals surface area (Å²) >= 11 is 2.13. The van der Waals surface area contributed by atoms with Crippen LogP contribution >= 0.6 is 22.6 Å². The minimum absolute atomic E-state index is 0.0292. The van der Waals surface area contributed by atoms with E-state index in [1.165, 1.54) is 12.1 Å². The molecule has 128 valence electrons. The number of Topliss-reactive ketones (excluding diaryl/α,β-unsaturated/α-hetero) is 1. The van der Waals surface area contributed by atoms with E-state index < -0.39 is 11.7 Å². The van der Waals surface area contributed by atoms with Crippen LogP contribution in [-0.2, 0) is 12.7 Å². The van der Waals surface area contributed by atoms with Gasteiger partial charge in [0.15, 0.2) is 5.78 Å². The fraction of sp³-hybridized carbons (Fsp3) is 0.125. The van der Waals surface area contributed by atoms with Gasteiger partial charge < -0.3 is 0 Å². The lowest BCUT2D eigenvalue weighted by Crippen LogP contribution is -2.13. The lowest BCUT2D eigenvalue weighted by atomic mass is 10.1. The number of carbonyl (C=O) groups is 1. The predicted molar refractivity (Wildman–Crippen MR) is 91.7 cm³/mol. The van der Waals surface area contributed by atoms with Crippen molar-refractivity contribution in [2.75, 3.05) is 0 Å². The quantitative estimate of drug-likeness (QED) is 0.441. The van der Waals surface area contributed by atoms with Crippen LogP contribution in [0.5, 0.6) is 0 Å². The van der Waals surface area contributed by atoms with E-state index in [0.29, 0.717) is 5.56 Å². The highest BCUT2D eigenvalue weighted by molar-refractivity contribution is 14.1. The van der Waals surface area contributed by atoms with Gasteiger partial charge in [-0.15, -0.1) is 10.2 Å². The minimum Gasteiger partial charge on any atom is -0.292 e. The number of ketones is 1. The number of carbonyl (C=O) groups excluding carboxylic acids is 1. The van der Waals surface area contributed by atoms with Gasteiger partial charge in [-0.25, -0.2) is 0 Å². The highest BCUT2D eigenvalue weighted by atomic mass is 127. The molecule has 25 heavy (non-hydrogen) atoms. The van der Waals surface area contributed by atoms with Crippen LogP contribution in [0.2, 0.25) is 0 Å². The molecule has 0 aliphatic carbocycles. The summed E-state index contributed by atoms with van der Waals surface area (Å²) in [4.78, 5) is 13.2. The number of aromatic nitrogens is 4. The van der Waals surface area contributed by atoms with Crippen molar-refractivity contribution in [3.05, 3.63) is 63.2 Å². The Morgan fingerprint density at radius 1 is 1.12 bits per heavy atom. The molecule has 0 atom stereocenters. The molecule has 3 aromatic rings. The van der Waals surface area contributed by atoms with Crippen LogP contribution in [0.4, 0.5) is 13.2 Å². The van der Waals surface area contributed by atoms with Crippen LogP contribution < -0.4 is 0 Å². The standard InChI is InChI=1S/C16H10F3IN4O/c17-16(18,19)12-3-1-2-11(8-12)15-21-23-24(22-15)9-14(25)10-4-6-13(20)7-5-10/h1-8H,9H2. The van der Waals surface area contributed by atoms with Crippen molar-refractivity contribution in [1.29, 1.82) is 0 Å². The average Bonchev–Trinajstić information content (AvgIpc) is 3.03. The maximum Gasteiger partial charge on any atom is 0.416 e. The second-order valence-electron chi connectivity index (χ2n) is 5.15. The Morgan fingerprint density at radius 2 is 1.84 bits per heavy atom. The second-order valence-corrected chi connectivity index (χ2v) is 6.40. The first kappa shape index (κ1) is 17.5. The molecule has 2 aromatic carbocycles. The summed E-state index contributed by atoms with van der Waals surface area (Å²) in [5, 5.41) is 11.5. The van der Waals surface area contributed by atoms with Crippen LogP contribution in [0.1, 0.15) is 15.9 Å². The van der Waals surface area contributed by atoms with E-state index in [-0.39, 0.29) is 23.7 Å². The SMILES string of the molecule is O=C(Cn1nnc(-c2cccc(C(F)(F)F)c2)n1)c1ccc(I)cc1. The van der Waals surface area contributed by atoms with Gasteiger partial charge in [0, 0.05) is 14.7 Å². The van der Waals surface area contributed by atoms with E-state index in [1.807, 2.05) is 0 Å². The van der Waals surface area contributed by atoms with Gasteiger partial charge in [0.25, 0.3) is 0 Å². The number of tetrazole rings is 1. The molecule has 0 aliphatic rings. The number of alkyl halides is 3. The number of hydrogen-bond donors (Lipinski definition) is 0. The Kier molecular flexibility index (Phi) is 4.84. The van der Waals surface area contributed by atoms with E-state index in [2.05, 4.69) is 38.0 Å². The zero-order valence-corrected chi connectivity index (χ0v) is 14.7. The summed E-state index contributed by atoms with van der Waals surface area (Å²) in [6.07, 6.45) is -4.45. The number of halogens is 4. The zero-order valence-electron chi connectivity index (χ0n) is 12.5. The van der Waals surface area contributed by atoms with Gasteiger partial charge >= 0.3 is 6.18 Å². The Labute approximate surface area is 154 Å². The molecule has 0 amide bonds. The van der Waals surface area contributed by atoms with Gasteiger partial charge in [0.2, 0.25) is 5.82 Å². The highest BCUT2D eigenvalue weighted by Gasteiger charge is 2.30. The van der Waals surface area contributed by atoms with Gasteiger partial charge in [0.05, 0.1) is 5.56 Å². The van der Waals surface area contributed by atoms with Crippen molar-refractivity contribution in [1.82, 2.24) is 20.2 Å². The minimum atomic E-state index is -4.45. The Hall–Kier alpha value is -2.30. The summed E-state index contributed by atoms with van der Waals surface area (Å²) in [5.41, 5.74) is -0.113. The third-order valence-electron chi connectivity index (χ3n) is 3.35. The fourth-order valence-electron chi connectivity index (χ4n) is 2.12. The molecule has 0 fully saturated rings. The molecule has 0 saturated carbocycles. The van der Waals surface area contributed by atoms with Crippen LogP contribution in [0.15, 0.2) is 48.5 Å². The van der Waals surface area contributed by atoms with E-state index in [4.69, 9.17) is 0 Å². The zero-order chi connectivity index (χ0) is 18.0. The highest BCUT2D eigenvalue weighted by Crippen LogP contribution is 2.31. The number of hydrogen-bond acceptors (Lipinski definition) is 4. The molecule has 0 unspecified atom stereocenters. The molecule has 0 N–H and O–H groups in total. The molecule has 9 heteroatoms. The first-order valence-corrected chi connectivity index (χ1v) is 8.15. The Bertz CT molecular complexity index is 906. The summed E-state index contributed by atoms with van der Waals surface area (Å²) in [5.74, 6) is -0.189. The van der Waals surface area contributed by atoms with Gasteiger partial charge in [-0.1, -0.05) is 24.3 Å². The second kappa shape index (κ2) is 6.90. The molecule has 3 rings (SSSR count). The summed E-state index contributed by atoms with van der Waals surface area (Å²) < 4.78 is 39.3. The van der Waals surface area contributed by atoms with Crippen LogP contribution in [0, 0.1) is 3.57 Å². The maximum atomic E-state index is 12.8. The van der Waals surface area contributed by atoms with Crippen LogP contribution in [0.25, 0.3) is 11.4 Å². The average molecular weight is 458 g/mol. The van der Waals surface area contributed by atoms with E-state index in [0.717, 1.165) is 20.5 Å². The lowest BCUT2D eigenvalue weighted by molar-refractivity contribution is -0.137. The Balaban J connectivity index is 1.79. The van der Waals surface area contributed by atoms with Crippen molar-refractivity contribution in [3.63, 3.8) is 0 Å². The first-order valence-electron chi connectivity index (χ1n) is 7.07. The first-order chi connectivity index (χ1) is 11.8. The molecule has 0 spiro atoms. The van der Waals surface area contributed by atoms with Crippen molar-refractivity contribution < 1.29 is 18.0 Å². The molecule has 0 bridgehead atoms. The summed E-state index contributed by atoms with van der Waals surface area (Å²) in [6.45, 7) is -0.146. The smallest absolute Gasteiger partial charge is 0.292 e. The molecular formula is C16H10F3IN4O. The van der Waals surface area contributed by atoms with Crippen molar-refractivity contribution >= 4 is 28.4 Å². The third kappa shape index (κ3) is 4.21. The van der Waals surface area contributed by atoms with Crippen molar-refractivity contribution in [2.24, 2.45) is 0 Å². The number of benzene rings is 2. The van der Waals surface area contributed by atoms with E-state index >= 15 is 0 Å². The van der Waals surface area contributed by atoms with Gasteiger partial charge in [-0.05, 0) is 52.1 Å².